The summed E-state index contributed by atoms with van der Waals surface area (Å²) in [7, 11) is 0. The maximum Gasteiger partial charge on any atom is 0.0621 e. The van der Waals surface area contributed by atoms with E-state index in [4.69, 9.17) is 0 Å². The van der Waals surface area contributed by atoms with Crippen LogP contribution in [-0.4, -0.2) is 11.4 Å². The van der Waals surface area contributed by atoms with E-state index in [1.165, 1.54) is 11.4 Å². The summed E-state index contributed by atoms with van der Waals surface area (Å²) in [6.45, 7) is 0. The minimum Gasteiger partial charge on any atom is -0.260 e. The molecule has 0 atom stereocenters. The van der Waals surface area contributed by atoms with Gasteiger partial charge in [-0.2, -0.15) is 0 Å². The lowest BCUT2D eigenvalue weighted by molar-refractivity contribution is 1.03. The van der Waals surface area contributed by atoms with Crippen molar-refractivity contribution in [3.05, 3.63) is 24.6 Å². The molecule has 2 heteroatoms. The molecule has 0 aliphatic carbocycles. The Hall–Kier alpha value is -1.18. The third-order valence-corrected chi connectivity index (χ3v) is 2.10. The van der Waals surface area contributed by atoms with Gasteiger partial charge in [0.2, 0.25) is 0 Å². The molecule has 2 rings (SSSR count). The SMILES string of the molecule is C1=CN=C(C2=NC=CCC2)CC1. The Labute approximate surface area is 72.4 Å². The Balaban J connectivity index is 2.17. The van der Waals surface area contributed by atoms with Gasteiger partial charge in [0, 0.05) is 12.4 Å². The third-order valence-electron chi connectivity index (χ3n) is 2.10. The molecule has 0 aromatic carbocycles. The first kappa shape index (κ1) is 7.47. The normalized spacial score (nSPS) is 22.0. The lowest BCUT2D eigenvalue weighted by Gasteiger charge is -2.11. The largest absolute Gasteiger partial charge is 0.260 e. The van der Waals surface area contributed by atoms with Crippen molar-refractivity contribution in [2.24, 2.45) is 9.98 Å². The molecule has 0 N–H and O–H groups in total. The van der Waals surface area contributed by atoms with Gasteiger partial charge in [0.1, 0.15) is 0 Å². The van der Waals surface area contributed by atoms with Crippen molar-refractivity contribution in [3.63, 3.8) is 0 Å². The van der Waals surface area contributed by atoms with E-state index in [2.05, 4.69) is 22.1 Å². The van der Waals surface area contributed by atoms with E-state index >= 15 is 0 Å². The van der Waals surface area contributed by atoms with E-state index in [1.54, 1.807) is 0 Å². The second kappa shape index (κ2) is 3.48. The molecule has 12 heavy (non-hydrogen) atoms. The molecule has 62 valence electrons. The standard InChI is InChI=1S/C10H12N2/c1-3-7-11-9(5-1)10-6-2-4-8-12-10/h3-4,7-8H,1-2,5-6H2. The van der Waals surface area contributed by atoms with Crippen LogP contribution in [0.5, 0.6) is 0 Å². The molecule has 0 saturated heterocycles. The number of nitrogens with zero attached hydrogens (tertiary/aromatic N) is 2. The van der Waals surface area contributed by atoms with Gasteiger partial charge in [-0.1, -0.05) is 12.2 Å². The Kier molecular flexibility index (Phi) is 2.16. The molecule has 0 spiro atoms. The van der Waals surface area contributed by atoms with E-state index in [1.807, 2.05) is 12.4 Å². The number of hydrogen-bond donors (Lipinski definition) is 0. The number of hydrogen-bond acceptors (Lipinski definition) is 2. The summed E-state index contributed by atoms with van der Waals surface area (Å²) in [4.78, 5) is 8.65. The minimum atomic E-state index is 1.06. The fraction of sp³-hybridized carbons (Fsp3) is 0.400. The van der Waals surface area contributed by atoms with Crippen LogP contribution in [0.2, 0.25) is 0 Å². The molecule has 2 aliphatic rings. The number of allylic oxidation sites excluding steroid dienone is 2. The van der Waals surface area contributed by atoms with E-state index in [0.717, 1.165) is 25.7 Å². The fourth-order valence-electron chi connectivity index (χ4n) is 1.44. The van der Waals surface area contributed by atoms with Crippen molar-refractivity contribution in [3.8, 4) is 0 Å². The highest BCUT2D eigenvalue weighted by molar-refractivity contribution is 6.42. The van der Waals surface area contributed by atoms with Crippen molar-refractivity contribution in [1.82, 2.24) is 0 Å². The molecular weight excluding hydrogens is 148 g/mol. The first-order valence-electron chi connectivity index (χ1n) is 4.40. The Morgan fingerprint density at radius 3 is 1.67 bits per heavy atom. The second-order valence-corrected chi connectivity index (χ2v) is 3.00. The first-order chi connectivity index (χ1) is 5.97. The van der Waals surface area contributed by atoms with Crippen molar-refractivity contribution >= 4 is 11.4 Å². The van der Waals surface area contributed by atoms with Crippen molar-refractivity contribution in [2.45, 2.75) is 25.7 Å². The molecule has 0 saturated carbocycles. The summed E-state index contributed by atoms with van der Waals surface area (Å²) < 4.78 is 0. The quantitative estimate of drug-likeness (QED) is 0.563. The van der Waals surface area contributed by atoms with Crippen LogP contribution in [-0.2, 0) is 0 Å². The number of rotatable bonds is 1. The Bertz CT molecular complexity index is 252. The van der Waals surface area contributed by atoms with Crippen LogP contribution >= 0.6 is 0 Å². The highest BCUT2D eigenvalue weighted by Crippen LogP contribution is 2.11. The molecule has 0 radical (unpaired) electrons. The van der Waals surface area contributed by atoms with Gasteiger partial charge in [-0.15, -0.1) is 0 Å². The molecular formula is C10H12N2. The molecule has 0 aromatic rings. The highest BCUT2D eigenvalue weighted by Gasteiger charge is 2.10. The Morgan fingerprint density at radius 2 is 1.33 bits per heavy atom. The van der Waals surface area contributed by atoms with Crippen molar-refractivity contribution in [1.29, 1.82) is 0 Å². The number of aliphatic imine (C=N–C) groups is 2. The van der Waals surface area contributed by atoms with Gasteiger partial charge in [0.25, 0.3) is 0 Å². The first-order valence-corrected chi connectivity index (χ1v) is 4.40. The zero-order valence-corrected chi connectivity index (χ0v) is 7.03. The zero-order valence-electron chi connectivity index (χ0n) is 7.03. The fourth-order valence-corrected chi connectivity index (χ4v) is 1.44. The summed E-state index contributed by atoms with van der Waals surface area (Å²) in [5.41, 5.74) is 2.36. The zero-order chi connectivity index (χ0) is 8.23. The van der Waals surface area contributed by atoms with E-state index < -0.39 is 0 Å². The molecule has 0 fully saturated rings. The van der Waals surface area contributed by atoms with Gasteiger partial charge in [0.05, 0.1) is 11.4 Å². The summed E-state index contributed by atoms with van der Waals surface area (Å²) >= 11 is 0. The molecule has 2 nitrogen and oxygen atoms in total. The molecule has 0 aromatic heterocycles. The molecule has 0 bridgehead atoms. The summed E-state index contributed by atoms with van der Waals surface area (Å²) in [5, 5.41) is 0. The van der Waals surface area contributed by atoms with Crippen LogP contribution in [0.4, 0.5) is 0 Å². The topological polar surface area (TPSA) is 24.7 Å². The van der Waals surface area contributed by atoms with Gasteiger partial charge < -0.3 is 0 Å². The maximum absolute atomic E-state index is 4.32. The average molecular weight is 160 g/mol. The van der Waals surface area contributed by atoms with Crippen LogP contribution in [0.3, 0.4) is 0 Å². The average Bonchev–Trinajstić information content (AvgIpc) is 2.21. The minimum absolute atomic E-state index is 1.06. The van der Waals surface area contributed by atoms with E-state index in [-0.39, 0.29) is 0 Å². The van der Waals surface area contributed by atoms with Gasteiger partial charge in [-0.05, 0) is 25.7 Å². The summed E-state index contributed by atoms with van der Waals surface area (Å²) in [6.07, 6.45) is 12.3. The predicted octanol–water partition coefficient (Wildman–Crippen LogP) is 2.48. The lowest BCUT2D eigenvalue weighted by atomic mass is 10.0. The predicted molar refractivity (Wildman–Crippen MR) is 51.6 cm³/mol. The van der Waals surface area contributed by atoms with Gasteiger partial charge in [-0.25, -0.2) is 0 Å². The monoisotopic (exact) mass is 160 g/mol. The van der Waals surface area contributed by atoms with E-state index in [0.29, 0.717) is 0 Å². The molecule has 2 aliphatic heterocycles. The lowest BCUT2D eigenvalue weighted by Crippen LogP contribution is -2.15. The van der Waals surface area contributed by atoms with Crippen LogP contribution in [0.1, 0.15) is 25.7 Å². The van der Waals surface area contributed by atoms with Crippen molar-refractivity contribution in [2.75, 3.05) is 0 Å². The van der Waals surface area contributed by atoms with Gasteiger partial charge >= 0.3 is 0 Å². The van der Waals surface area contributed by atoms with Crippen LogP contribution in [0, 0.1) is 0 Å². The van der Waals surface area contributed by atoms with Crippen molar-refractivity contribution < 1.29 is 0 Å². The van der Waals surface area contributed by atoms with E-state index in [9.17, 15) is 0 Å². The maximum atomic E-state index is 4.32. The van der Waals surface area contributed by atoms with Gasteiger partial charge in [0.15, 0.2) is 0 Å². The highest BCUT2D eigenvalue weighted by atomic mass is 14.8. The van der Waals surface area contributed by atoms with Gasteiger partial charge in [-0.3, -0.25) is 9.98 Å². The van der Waals surface area contributed by atoms with Crippen LogP contribution < -0.4 is 0 Å². The molecule has 0 unspecified atom stereocenters. The third kappa shape index (κ3) is 1.52. The molecule has 0 amide bonds. The molecule has 2 heterocycles. The second-order valence-electron chi connectivity index (χ2n) is 3.00. The summed E-state index contributed by atoms with van der Waals surface area (Å²) in [6, 6.07) is 0. The van der Waals surface area contributed by atoms with Crippen LogP contribution in [0.25, 0.3) is 0 Å². The van der Waals surface area contributed by atoms with Crippen LogP contribution in [0.15, 0.2) is 34.5 Å². The smallest absolute Gasteiger partial charge is 0.0621 e. The summed E-state index contributed by atoms with van der Waals surface area (Å²) in [5.74, 6) is 0. The Morgan fingerprint density at radius 1 is 0.833 bits per heavy atom.